The SMILES string of the molecule is CN(C)CCCCNS(=O)(=O)c1cc(Cl)cc(CN)c1F. The maximum Gasteiger partial charge on any atom is 0.243 e. The van der Waals surface area contributed by atoms with E-state index in [0.717, 1.165) is 19.0 Å². The van der Waals surface area contributed by atoms with Gasteiger partial charge in [0, 0.05) is 23.7 Å². The Morgan fingerprint density at radius 3 is 2.57 bits per heavy atom. The smallest absolute Gasteiger partial charge is 0.243 e. The third-order valence-corrected chi connectivity index (χ3v) is 4.59. The summed E-state index contributed by atoms with van der Waals surface area (Å²) in [5.41, 5.74) is 5.46. The van der Waals surface area contributed by atoms with Crippen molar-refractivity contribution in [2.24, 2.45) is 5.73 Å². The zero-order valence-electron chi connectivity index (χ0n) is 12.2. The highest BCUT2D eigenvalue weighted by Crippen LogP contribution is 2.23. The van der Waals surface area contributed by atoms with Crippen molar-refractivity contribution < 1.29 is 12.8 Å². The predicted octanol–water partition coefficient (Wildman–Crippen LogP) is 1.56. The fourth-order valence-electron chi connectivity index (χ4n) is 1.80. The van der Waals surface area contributed by atoms with Crippen molar-refractivity contribution in [2.75, 3.05) is 27.2 Å². The quantitative estimate of drug-likeness (QED) is 0.706. The molecule has 21 heavy (non-hydrogen) atoms. The van der Waals surface area contributed by atoms with Crippen molar-refractivity contribution in [1.82, 2.24) is 9.62 Å². The molecule has 0 saturated heterocycles. The molecule has 1 aromatic rings. The summed E-state index contributed by atoms with van der Waals surface area (Å²) < 4.78 is 40.7. The van der Waals surface area contributed by atoms with Crippen molar-refractivity contribution in [2.45, 2.75) is 24.3 Å². The van der Waals surface area contributed by atoms with Crippen LogP contribution in [0.3, 0.4) is 0 Å². The first kappa shape index (κ1) is 18.3. The maximum atomic E-state index is 14.1. The summed E-state index contributed by atoms with van der Waals surface area (Å²) in [5.74, 6) is -0.845. The summed E-state index contributed by atoms with van der Waals surface area (Å²) >= 11 is 5.81. The number of sulfonamides is 1. The first-order chi connectivity index (χ1) is 9.77. The Morgan fingerprint density at radius 2 is 2.00 bits per heavy atom. The summed E-state index contributed by atoms with van der Waals surface area (Å²) in [4.78, 5) is 1.56. The normalized spacial score (nSPS) is 12.1. The van der Waals surface area contributed by atoms with Crippen LogP contribution in [0.4, 0.5) is 4.39 Å². The van der Waals surface area contributed by atoms with E-state index in [0.29, 0.717) is 6.42 Å². The lowest BCUT2D eigenvalue weighted by molar-refractivity contribution is 0.394. The Balaban J connectivity index is 2.77. The zero-order valence-corrected chi connectivity index (χ0v) is 13.8. The van der Waals surface area contributed by atoms with Gasteiger partial charge in [-0.3, -0.25) is 0 Å². The second-order valence-corrected chi connectivity index (χ2v) is 7.16. The van der Waals surface area contributed by atoms with E-state index in [2.05, 4.69) is 4.72 Å². The number of halogens is 2. The highest BCUT2D eigenvalue weighted by molar-refractivity contribution is 7.89. The molecule has 0 aliphatic rings. The summed E-state index contributed by atoms with van der Waals surface area (Å²) in [6.45, 7) is 1.00. The number of hydrogen-bond acceptors (Lipinski definition) is 4. The molecule has 120 valence electrons. The van der Waals surface area contributed by atoms with Crippen LogP contribution in [0.25, 0.3) is 0 Å². The van der Waals surface area contributed by atoms with Gasteiger partial charge in [-0.15, -0.1) is 0 Å². The van der Waals surface area contributed by atoms with E-state index in [9.17, 15) is 12.8 Å². The van der Waals surface area contributed by atoms with Gasteiger partial charge in [-0.2, -0.15) is 0 Å². The van der Waals surface area contributed by atoms with Gasteiger partial charge in [0.15, 0.2) is 0 Å². The lowest BCUT2D eigenvalue weighted by atomic mass is 10.2. The van der Waals surface area contributed by atoms with E-state index < -0.39 is 20.7 Å². The molecule has 0 radical (unpaired) electrons. The van der Waals surface area contributed by atoms with Crippen LogP contribution >= 0.6 is 11.6 Å². The van der Waals surface area contributed by atoms with Gasteiger partial charge in [-0.1, -0.05) is 11.6 Å². The summed E-state index contributed by atoms with van der Waals surface area (Å²) in [5, 5.41) is 0.143. The van der Waals surface area contributed by atoms with E-state index in [1.807, 2.05) is 19.0 Å². The van der Waals surface area contributed by atoms with Crippen molar-refractivity contribution in [3.8, 4) is 0 Å². The second-order valence-electron chi connectivity index (χ2n) is 4.99. The number of unbranched alkanes of at least 4 members (excludes halogenated alkanes) is 1. The number of nitrogens with zero attached hydrogens (tertiary/aromatic N) is 1. The molecule has 0 amide bonds. The first-order valence-electron chi connectivity index (χ1n) is 6.60. The molecule has 0 unspecified atom stereocenters. The number of nitrogens with two attached hydrogens (primary N) is 1. The molecule has 5 nitrogen and oxygen atoms in total. The molecule has 1 aromatic carbocycles. The van der Waals surface area contributed by atoms with Gasteiger partial charge in [0.05, 0.1) is 0 Å². The fraction of sp³-hybridized carbons (Fsp3) is 0.538. The van der Waals surface area contributed by atoms with Crippen molar-refractivity contribution in [1.29, 1.82) is 0 Å². The number of hydrogen-bond donors (Lipinski definition) is 2. The first-order valence-corrected chi connectivity index (χ1v) is 8.46. The average Bonchev–Trinajstić information content (AvgIpc) is 2.40. The largest absolute Gasteiger partial charge is 0.326 e. The monoisotopic (exact) mass is 337 g/mol. The third-order valence-electron chi connectivity index (χ3n) is 2.91. The Labute approximate surface area is 130 Å². The van der Waals surface area contributed by atoms with Gasteiger partial charge >= 0.3 is 0 Å². The summed E-state index contributed by atoms with van der Waals surface area (Å²) in [7, 11) is -0.0367. The van der Waals surface area contributed by atoms with Gasteiger partial charge in [0.25, 0.3) is 0 Å². The van der Waals surface area contributed by atoms with Gasteiger partial charge in [-0.05, 0) is 45.6 Å². The molecule has 0 atom stereocenters. The lowest BCUT2D eigenvalue weighted by Crippen LogP contribution is -2.27. The molecule has 0 aliphatic heterocycles. The molecule has 0 saturated carbocycles. The molecule has 0 aliphatic carbocycles. The molecule has 8 heteroatoms. The molecule has 1 rings (SSSR count). The van der Waals surface area contributed by atoms with Crippen LogP contribution in [-0.2, 0) is 16.6 Å². The summed E-state index contributed by atoms with van der Waals surface area (Å²) in [6.07, 6.45) is 1.52. The summed E-state index contributed by atoms with van der Waals surface area (Å²) in [6, 6.07) is 2.42. The highest BCUT2D eigenvalue weighted by atomic mass is 35.5. The standard InChI is InChI=1S/C13H21ClFN3O2S/c1-18(2)6-4-3-5-17-21(19,20)12-8-11(14)7-10(9-16)13(12)15/h7-8,17H,3-6,9,16H2,1-2H3. The number of nitrogens with one attached hydrogen (secondary N) is 1. The molecule has 3 N–H and O–H groups in total. The molecule has 0 heterocycles. The Morgan fingerprint density at radius 1 is 1.33 bits per heavy atom. The predicted molar refractivity (Wildman–Crippen MR) is 82.3 cm³/mol. The zero-order chi connectivity index (χ0) is 16.0. The minimum Gasteiger partial charge on any atom is -0.326 e. The highest BCUT2D eigenvalue weighted by Gasteiger charge is 2.21. The van der Waals surface area contributed by atoms with Gasteiger partial charge in [-0.25, -0.2) is 17.5 Å². The van der Waals surface area contributed by atoms with Crippen molar-refractivity contribution >= 4 is 21.6 Å². The van der Waals surface area contributed by atoms with Crippen LogP contribution in [-0.4, -0.2) is 40.5 Å². The van der Waals surface area contributed by atoms with Crippen LogP contribution in [0.5, 0.6) is 0 Å². The Bertz CT molecular complexity index is 579. The van der Waals surface area contributed by atoms with Gasteiger partial charge in [0.2, 0.25) is 10.0 Å². The lowest BCUT2D eigenvalue weighted by Gasteiger charge is -2.12. The van der Waals surface area contributed by atoms with Crippen LogP contribution in [0.2, 0.25) is 5.02 Å². The topological polar surface area (TPSA) is 75.4 Å². The average molecular weight is 338 g/mol. The number of benzene rings is 1. The minimum absolute atomic E-state index is 0.0792. The molecule has 0 aromatic heterocycles. The molecular weight excluding hydrogens is 317 g/mol. The van der Waals surface area contributed by atoms with E-state index in [-0.39, 0.29) is 23.7 Å². The van der Waals surface area contributed by atoms with E-state index >= 15 is 0 Å². The van der Waals surface area contributed by atoms with Crippen LogP contribution in [0.15, 0.2) is 17.0 Å². The molecule has 0 fully saturated rings. The van der Waals surface area contributed by atoms with Gasteiger partial charge < -0.3 is 10.6 Å². The molecule has 0 spiro atoms. The minimum atomic E-state index is -3.93. The molecule has 0 bridgehead atoms. The van der Waals surface area contributed by atoms with Crippen molar-refractivity contribution in [3.05, 3.63) is 28.5 Å². The maximum absolute atomic E-state index is 14.1. The van der Waals surface area contributed by atoms with E-state index in [1.54, 1.807) is 0 Å². The Kier molecular flexibility index (Phi) is 7.02. The Hall–Kier alpha value is -0.730. The van der Waals surface area contributed by atoms with Crippen LogP contribution in [0, 0.1) is 5.82 Å². The van der Waals surface area contributed by atoms with Crippen LogP contribution < -0.4 is 10.5 Å². The second kappa shape index (κ2) is 8.05. The van der Waals surface area contributed by atoms with E-state index in [4.69, 9.17) is 17.3 Å². The number of rotatable bonds is 8. The van der Waals surface area contributed by atoms with Gasteiger partial charge in [0.1, 0.15) is 10.7 Å². The molecular formula is C13H21ClFN3O2S. The third kappa shape index (κ3) is 5.52. The van der Waals surface area contributed by atoms with Crippen molar-refractivity contribution in [3.63, 3.8) is 0 Å². The fourth-order valence-corrected chi connectivity index (χ4v) is 3.32. The van der Waals surface area contributed by atoms with Crippen LogP contribution in [0.1, 0.15) is 18.4 Å². The van der Waals surface area contributed by atoms with E-state index in [1.165, 1.54) is 6.07 Å².